The lowest BCUT2D eigenvalue weighted by atomic mass is 10.2. The molecule has 106 valence electrons. The van der Waals surface area contributed by atoms with Crippen LogP contribution in [0.2, 0.25) is 0 Å². The second-order valence-corrected chi connectivity index (χ2v) is 5.78. The van der Waals surface area contributed by atoms with Gasteiger partial charge in [0.25, 0.3) is 0 Å². The number of benzene rings is 1. The van der Waals surface area contributed by atoms with Crippen molar-refractivity contribution in [1.82, 2.24) is 4.90 Å². The molecular formula is C12H16Br2IN3O. The van der Waals surface area contributed by atoms with E-state index in [1.165, 1.54) is 0 Å². The second kappa shape index (κ2) is 8.43. The van der Waals surface area contributed by atoms with E-state index in [1.807, 2.05) is 18.2 Å². The number of rotatable bonds is 2. The van der Waals surface area contributed by atoms with Gasteiger partial charge in [-0.15, -0.1) is 24.0 Å². The van der Waals surface area contributed by atoms with Gasteiger partial charge in [0.1, 0.15) is 0 Å². The molecule has 0 bridgehead atoms. The maximum absolute atomic E-state index is 5.98. The van der Waals surface area contributed by atoms with Crippen LogP contribution in [0.25, 0.3) is 0 Å². The Labute approximate surface area is 147 Å². The molecule has 1 heterocycles. The van der Waals surface area contributed by atoms with Crippen LogP contribution in [0, 0.1) is 0 Å². The molecule has 0 radical (unpaired) electrons. The summed E-state index contributed by atoms with van der Waals surface area (Å²) >= 11 is 6.96. The maximum atomic E-state index is 5.98. The third-order valence-corrected chi connectivity index (χ3v) is 4.02. The molecule has 0 unspecified atom stereocenters. The molecule has 4 nitrogen and oxygen atoms in total. The summed E-state index contributed by atoms with van der Waals surface area (Å²) in [6.45, 7) is 3.64. The molecule has 19 heavy (non-hydrogen) atoms. The normalized spacial score (nSPS) is 16.1. The van der Waals surface area contributed by atoms with Crippen LogP contribution in [0.1, 0.15) is 5.56 Å². The van der Waals surface area contributed by atoms with Crippen LogP contribution in [0.3, 0.4) is 0 Å². The van der Waals surface area contributed by atoms with Crippen LogP contribution in [-0.4, -0.2) is 37.2 Å². The van der Waals surface area contributed by atoms with E-state index < -0.39 is 0 Å². The van der Waals surface area contributed by atoms with Gasteiger partial charge in [-0.1, -0.05) is 31.9 Å². The molecule has 1 aliphatic rings. The van der Waals surface area contributed by atoms with E-state index in [2.05, 4.69) is 41.8 Å². The highest BCUT2D eigenvalue weighted by molar-refractivity contribution is 14.0. The average Bonchev–Trinajstić information content (AvgIpc) is 2.40. The number of hydrogen-bond acceptors (Lipinski definition) is 2. The number of nitrogens with two attached hydrogens (primary N) is 1. The van der Waals surface area contributed by atoms with E-state index in [1.54, 1.807) is 0 Å². The Hall–Kier alpha value is 0.140. The van der Waals surface area contributed by atoms with Crippen molar-refractivity contribution >= 4 is 61.8 Å². The summed E-state index contributed by atoms with van der Waals surface area (Å²) < 4.78 is 7.37. The highest BCUT2D eigenvalue weighted by atomic mass is 127. The smallest absolute Gasteiger partial charge is 0.191 e. The number of hydrogen-bond donors (Lipinski definition) is 1. The Morgan fingerprint density at radius 1 is 1.32 bits per heavy atom. The highest BCUT2D eigenvalue weighted by Gasteiger charge is 2.12. The maximum Gasteiger partial charge on any atom is 0.191 e. The molecule has 1 saturated heterocycles. The highest BCUT2D eigenvalue weighted by Crippen LogP contribution is 2.22. The van der Waals surface area contributed by atoms with Gasteiger partial charge < -0.3 is 15.4 Å². The van der Waals surface area contributed by atoms with E-state index in [0.717, 1.165) is 40.8 Å². The fraction of sp³-hybridized carbons (Fsp3) is 0.417. The molecule has 0 saturated carbocycles. The summed E-state index contributed by atoms with van der Waals surface area (Å²) in [5, 5.41) is 0. The summed E-state index contributed by atoms with van der Waals surface area (Å²) in [5.74, 6) is 0.588. The lowest BCUT2D eigenvalue weighted by Gasteiger charge is -2.27. The van der Waals surface area contributed by atoms with Gasteiger partial charge in [0.2, 0.25) is 0 Å². The first-order valence-electron chi connectivity index (χ1n) is 5.73. The van der Waals surface area contributed by atoms with Crippen LogP contribution in [0.5, 0.6) is 0 Å². The van der Waals surface area contributed by atoms with E-state index in [4.69, 9.17) is 10.5 Å². The minimum absolute atomic E-state index is 0. The van der Waals surface area contributed by atoms with Gasteiger partial charge in [-0.3, -0.25) is 0 Å². The first-order chi connectivity index (χ1) is 8.66. The van der Waals surface area contributed by atoms with Gasteiger partial charge in [-0.2, -0.15) is 0 Å². The minimum atomic E-state index is 0. The van der Waals surface area contributed by atoms with Gasteiger partial charge in [0, 0.05) is 22.0 Å². The lowest BCUT2D eigenvalue weighted by molar-refractivity contribution is 0.0674. The van der Waals surface area contributed by atoms with Crippen molar-refractivity contribution in [2.75, 3.05) is 26.3 Å². The third kappa shape index (κ3) is 5.20. The van der Waals surface area contributed by atoms with Gasteiger partial charge >= 0.3 is 0 Å². The Kier molecular flexibility index (Phi) is 7.63. The first-order valence-corrected chi connectivity index (χ1v) is 7.32. The Morgan fingerprint density at radius 3 is 2.68 bits per heavy atom. The van der Waals surface area contributed by atoms with E-state index in [-0.39, 0.29) is 24.0 Å². The number of halogens is 3. The van der Waals surface area contributed by atoms with Crippen molar-refractivity contribution in [3.8, 4) is 0 Å². The number of morpholine rings is 1. The van der Waals surface area contributed by atoms with Crippen molar-refractivity contribution < 1.29 is 4.74 Å². The fourth-order valence-electron chi connectivity index (χ4n) is 1.72. The van der Waals surface area contributed by atoms with Crippen LogP contribution in [0.15, 0.2) is 32.1 Å². The van der Waals surface area contributed by atoms with Crippen LogP contribution >= 0.6 is 55.8 Å². The fourth-order valence-corrected chi connectivity index (χ4v) is 2.50. The van der Waals surface area contributed by atoms with Crippen molar-refractivity contribution in [1.29, 1.82) is 0 Å². The van der Waals surface area contributed by atoms with Crippen LogP contribution < -0.4 is 5.73 Å². The predicted molar refractivity (Wildman–Crippen MR) is 95.0 cm³/mol. The first kappa shape index (κ1) is 17.2. The summed E-state index contributed by atoms with van der Waals surface area (Å²) in [7, 11) is 0. The lowest BCUT2D eigenvalue weighted by Crippen LogP contribution is -2.44. The van der Waals surface area contributed by atoms with E-state index in [9.17, 15) is 0 Å². The van der Waals surface area contributed by atoms with Crippen molar-refractivity contribution in [3.63, 3.8) is 0 Å². The summed E-state index contributed by atoms with van der Waals surface area (Å²) in [4.78, 5) is 6.48. The van der Waals surface area contributed by atoms with Crippen molar-refractivity contribution in [2.24, 2.45) is 10.7 Å². The predicted octanol–water partition coefficient (Wildman–Crippen LogP) is 2.98. The molecule has 1 aromatic rings. The van der Waals surface area contributed by atoms with Crippen molar-refractivity contribution in [3.05, 3.63) is 32.7 Å². The Bertz CT molecular complexity index is 451. The Morgan fingerprint density at radius 2 is 2.00 bits per heavy atom. The molecule has 1 aliphatic heterocycles. The zero-order valence-corrected chi connectivity index (χ0v) is 15.8. The molecule has 1 aromatic carbocycles. The van der Waals surface area contributed by atoms with Gasteiger partial charge in [-0.25, -0.2) is 4.99 Å². The average molecular weight is 505 g/mol. The molecule has 1 fully saturated rings. The van der Waals surface area contributed by atoms with E-state index in [0.29, 0.717) is 12.5 Å². The third-order valence-electron chi connectivity index (χ3n) is 2.75. The second-order valence-electron chi connectivity index (χ2n) is 4.01. The SMILES string of the molecule is I.NC(=NCc1cc(Br)ccc1Br)N1CCOCC1. The molecule has 0 amide bonds. The summed E-state index contributed by atoms with van der Waals surface area (Å²) in [6, 6.07) is 6.03. The van der Waals surface area contributed by atoms with E-state index >= 15 is 0 Å². The Balaban J connectivity index is 0.00000180. The topological polar surface area (TPSA) is 50.8 Å². The molecular weight excluding hydrogens is 489 g/mol. The van der Waals surface area contributed by atoms with Crippen molar-refractivity contribution in [2.45, 2.75) is 6.54 Å². The molecule has 7 heteroatoms. The van der Waals surface area contributed by atoms with Crippen LogP contribution in [0.4, 0.5) is 0 Å². The molecule has 0 aromatic heterocycles. The zero-order chi connectivity index (χ0) is 13.0. The molecule has 0 spiro atoms. The summed E-state index contributed by atoms with van der Waals surface area (Å²) in [6.07, 6.45) is 0. The monoisotopic (exact) mass is 503 g/mol. The van der Waals surface area contributed by atoms with Crippen LogP contribution in [-0.2, 0) is 11.3 Å². The zero-order valence-electron chi connectivity index (χ0n) is 10.3. The number of guanidine groups is 1. The minimum Gasteiger partial charge on any atom is -0.378 e. The molecule has 2 N–H and O–H groups in total. The standard InChI is InChI=1S/C12H15Br2N3O.HI/c13-10-1-2-11(14)9(7-10)8-16-12(15)17-3-5-18-6-4-17;/h1-2,7H,3-6,8H2,(H2,15,16);1H. The molecule has 0 aliphatic carbocycles. The molecule has 2 rings (SSSR count). The molecule has 0 atom stereocenters. The van der Waals surface area contributed by atoms with Gasteiger partial charge in [0.15, 0.2) is 5.96 Å². The number of nitrogens with zero attached hydrogens (tertiary/aromatic N) is 2. The van der Waals surface area contributed by atoms with Gasteiger partial charge in [-0.05, 0) is 23.8 Å². The quantitative estimate of drug-likeness (QED) is 0.383. The number of aliphatic imine (C=N–C) groups is 1. The largest absolute Gasteiger partial charge is 0.378 e. The summed E-state index contributed by atoms with van der Waals surface area (Å²) in [5.41, 5.74) is 7.09. The van der Waals surface area contributed by atoms with Gasteiger partial charge in [0.05, 0.1) is 19.8 Å². The number of ether oxygens (including phenoxy) is 1.